The van der Waals surface area contributed by atoms with Gasteiger partial charge in [0.2, 0.25) is 0 Å². The zero-order chi connectivity index (χ0) is 14.0. The van der Waals surface area contributed by atoms with Crippen LogP contribution in [0.2, 0.25) is 0 Å². The van der Waals surface area contributed by atoms with Crippen LogP contribution >= 0.6 is 0 Å². The van der Waals surface area contributed by atoms with Crippen LogP contribution < -0.4 is 5.32 Å². The third-order valence-electron chi connectivity index (χ3n) is 5.25. The summed E-state index contributed by atoms with van der Waals surface area (Å²) in [5.41, 5.74) is 0.416. The fraction of sp³-hybridized carbons (Fsp3) is 1.00. The van der Waals surface area contributed by atoms with Gasteiger partial charge in [-0.3, -0.25) is 4.90 Å². The normalized spacial score (nSPS) is 30.0. The summed E-state index contributed by atoms with van der Waals surface area (Å²) in [4.78, 5) is 5.48. The molecule has 0 aromatic carbocycles. The Kier molecular flexibility index (Phi) is 4.68. The molecule has 2 saturated heterocycles. The van der Waals surface area contributed by atoms with Crippen LogP contribution in [-0.2, 0) is 0 Å². The van der Waals surface area contributed by atoms with Gasteiger partial charge in [0.1, 0.15) is 0 Å². The van der Waals surface area contributed by atoms with Gasteiger partial charge in [-0.2, -0.15) is 0 Å². The first kappa shape index (κ1) is 14.8. The predicted octanol–water partition coefficient (Wildman–Crippen LogP) is 2.32. The maximum absolute atomic E-state index is 3.71. The first-order valence-corrected chi connectivity index (χ1v) is 8.82. The molecule has 3 nitrogen and oxygen atoms in total. The van der Waals surface area contributed by atoms with Gasteiger partial charge >= 0.3 is 0 Å². The number of piperidine rings is 1. The number of hydrogen-bond acceptors (Lipinski definition) is 3. The van der Waals surface area contributed by atoms with E-state index in [-0.39, 0.29) is 0 Å². The highest BCUT2D eigenvalue weighted by molar-refractivity contribution is 4.89. The molecule has 1 aliphatic carbocycles. The highest BCUT2D eigenvalue weighted by Crippen LogP contribution is 2.25. The molecule has 0 amide bonds. The van der Waals surface area contributed by atoms with E-state index in [0.717, 1.165) is 12.1 Å². The van der Waals surface area contributed by atoms with E-state index in [9.17, 15) is 0 Å². The molecule has 1 atom stereocenters. The van der Waals surface area contributed by atoms with Crippen molar-refractivity contribution in [3.05, 3.63) is 0 Å². The maximum atomic E-state index is 3.71. The molecule has 20 heavy (non-hydrogen) atoms. The van der Waals surface area contributed by atoms with Crippen LogP contribution in [0.4, 0.5) is 0 Å². The minimum absolute atomic E-state index is 0.416. The number of likely N-dealkylation sites (tertiary alicyclic amines) is 2. The largest absolute Gasteiger partial charge is 0.313 e. The minimum Gasteiger partial charge on any atom is -0.313 e. The van der Waals surface area contributed by atoms with E-state index in [0.29, 0.717) is 5.41 Å². The Hall–Kier alpha value is -0.120. The second kappa shape index (κ2) is 6.33. The summed E-state index contributed by atoms with van der Waals surface area (Å²) in [6.45, 7) is 12.6. The van der Waals surface area contributed by atoms with Crippen molar-refractivity contribution in [1.82, 2.24) is 15.1 Å². The first-order chi connectivity index (χ1) is 9.62. The second-order valence-corrected chi connectivity index (χ2v) is 8.09. The lowest BCUT2D eigenvalue weighted by Crippen LogP contribution is -2.43. The summed E-state index contributed by atoms with van der Waals surface area (Å²) in [5.74, 6) is 0. The Labute approximate surface area is 125 Å². The molecular weight excluding hydrogens is 246 g/mol. The van der Waals surface area contributed by atoms with Gasteiger partial charge in [-0.05, 0) is 57.2 Å². The standard InChI is InChI=1S/C17H33N3/c1-17(2,13-18-15-6-7-15)14-19-11-8-16(12-19)20-9-4-3-5-10-20/h15-16,18H,3-14H2,1-2H3. The molecule has 3 fully saturated rings. The number of hydrogen-bond donors (Lipinski definition) is 1. The fourth-order valence-corrected chi connectivity index (χ4v) is 3.91. The van der Waals surface area contributed by atoms with Crippen molar-refractivity contribution in [3.8, 4) is 0 Å². The lowest BCUT2D eigenvalue weighted by Gasteiger charge is -2.34. The van der Waals surface area contributed by atoms with Gasteiger partial charge in [-0.15, -0.1) is 0 Å². The third kappa shape index (κ3) is 4.19. The van der Waals surface area contributed by atoms with E-state index in [4.69, 9.17) is 0 Å². The Bertz CT molecular complexity index is 305. The molecule has 1 saturated carbocycles. The summed E-state index contributed by atoms with van der Waals surface area (Å²) < 4.78 is 0. The summed E-state index contributed by atoms with van der Waals surface area (Å²) in [6.07, 6.45) is 8.49. The van der Waals surface area contributed by atoms with Crippen molar-refractivity contribution >= 4 is 0 Å². The van der Waals surface area contributed by atoms with Crippen LogP contribution in [0.5, 0.6) is 0 Å². The van der Waals surface area contributed by atoms with Crippen molar-refractivity contribution in [2.75, 3.05) is 39.3 Å². The lowest BCUT2D eigenvalue weighted by molar-refractivity contribution is 0.148. The molecule has 0 aromatic heterocycles. The van der Waals surface area contributed by atoms with Gasteiger partial charge in [0.25, 0.3) is 0 Å². The molecular formula is C17H33N3. The van der Waals surface area contributed by atoms with Gasteiger partial charge in [-0.1, -0.05) is 20.3 Å². The molecule has 3 rings (SSSR count). The maximum Gasteiger partial charge on any atom is 0.0235 e. The van der Waals surface area contributed by atoms with E-state index in [2.05, 4.69) is 29.0 Å². The number of nitrogens with zero attached hydrogens (tertiary/aromatic N) is 2. The van der Waals surface area contributed by atoms with Crippen molar-refractivity contribution in [2.24, 2.45) is 5.41 Å². The van der Waals surface area contributed by atoms with Crippen molar-refractivity contribution < 1.29 is 0 Å². The molecule has 0 bridgehead atoms. The molecule has 1 unspecified atom stereocenters. The topological polar surface area (TPSA) is 18.5 Å². The molecule has 2 heterocycles. The Morgan fingerprint density at radius 3 is 2.45 bits per heavy atom. The number of nitrogens with one attached hydrogen (secondary N) is 1. The smallest absolute Gasteiger partial charge is 0.0235 e. The lowest BCUT2D eigenvalue weighted by atomic mass is 9.92. The zero-order valence-electron chi connectivity index (χ0n) is 13.5. The second-order valence-electron chi connectivity index (χ2n) is 8.09. The van der Waals surface area contributed by atoms with Crippen molar-refractivity contribution in [1.29, 1.82) is 0 Å². The SMILES string of the molecule is CC(C)(CNC1CC1)CN1CCC(N2CCCCC2)C1. The molecule has 0 spiro atoms. The predicted molar refractivity (Wildman–Crippen MR) is 85.1 cm³/mol. The monoisotopic (exact) mass is 279 g/mol. The van der Waals surface area contributed by atoms with Crippen LogP contribution in [0, 0.1) is 5.41 Å². The van der Waals surface area contributed by atoms with Gasteiger partial charge in [0.05, 0.1) is 0 Å². The van der Waals surface area contributed by atoms with Gasteiger partial charge in [-0.25, -0.2) is 0 Å². The van der Waals surface area contributed by atoms with Gasteiger partial charge < -0.3 is 10.2 Å². The molecule has 1 N–H and O–H groups in total. The third-order valence-corrected chi connectivity index (χ3v) is 5.25. The van der Waals surface area contributed by atoms with E-state index in [1.165, 1.54) is 77.8 Å². The molecule has 3 heteroatoms. The molecule has 0 aromatic rings. The highest BCUT2D eigenvalue weighted by atomic mass is 15.3. The highest BCUT2D eigenvalue weighted by Gasteiger charge is 2.32. The van der Waals surface area contributed by atoms with Crippen LogP contribution in [-0.4, -0.2) is 61.2 Å². The van der Waals surface area contributed by atoms with Gasteiger partial charge in [0, 0.05) is 31.7 Å². The van der Waals surface area contributed by atoms with E-state index >= 15 is 0 Å². The van der Waals surface area contributed by atoms with Crippen LogP contribution in [0.3, 0.4) is 0 Å². The fourth-order valence-electron chi connectivity index (χ4n) is 3.91. The summed E-state index contributed by atoms with van der Waals surface area (Å²) in [6, 6.07) is 1.69. The molecule has 116 valence electrons. The van der Waals surface area contributed by atoms with E-state index < -0.39 is 0 Å². The molecule has 3 aliphatic rings. The van der Waals surface area contributed by atoms with Crippen LogP contribution in [0.25, 0.3) is 0 Å². The van der Waals surface area contributed by atoms with Crippen LogP contribution in [0.15, 0.2) is 0 Å². The van der Waals surface area contributed by atoms with Crippen molar-refractivity contribution in [3.63, 3.8) is 0 Å². The first-order valence-electron chi connectivity index (χ1n) is 8.82. The quantitative estimate of drug-likeness (QED) is 0.805. The Morgan fingerprint density at radius 1 is 1.00 bits per heavy atom. The summed E-state index contributed by atoms with van der Waals surface area (Å²) in [5, 5.41) is 3.71. The Balaban J connectivity index is 1.41. The van der Waals surface area contributed by atoms with Crippen molar-refractivity contribution in [2.45, 2.75) is 64.5 Å². The number of rotatable bonds is 6. The zero-order valence-corrected chi connectivity index (χ0v) is 13.5. The van der Waals surface area contributed by atoms with E-state index in [1.54, 1.807) is 0 Å². The average Bonchev–Trinajstić information content (AvgIpc) is 3.17. The average molecular weight is 279 g/mol. The molecule has 2 aliphatic heterocycles. The van der Waals surface area contributed by atoms with E-state index in [1.807, 2.05) is 0 Å². The summed E-state index contributed by atoms with van der Waals surface area (Å²) >= 11 is 0. The Morgan fingerprint density at radius 2 is 1.75 bits per heavy atom. The van der Waals surface area contributed by atoms with Gasteiger partial charge in [0.15, 0.2) is 0 Å². The minimum atomic E-state index is 0.416. The molecule has 0 radical (unpaired) electrons. The summed E-state index contributed by atoms with van der Waals surface area (Å²) in [7, 11) is 0. The van der Waals surface area contributed by atoms with Crippen LogP contribution in [0.1, 0.15) is 52.4 Å².